The van der Waals surface area contributed by atoms with Crippen molar-refractivity contribution in [1.29, 1.82) is 0 Å². The van der Waals surface area contributed by atoms with Crippen LogP contribution in [0.1, 0.15) is 33.3 Å². The Balaban J connectivity index is 2.72. The van der Waals surface area contributed by atoms with Gasteiger partial charge in [-0.15, -0.1) is 0 Å². The third-order valence-corrected chi connectivity index (χ3v) is 3.13. The van der Waals surface area contributed by atoms with Crippen molar-refractivity contribution in [1.82, 2.24) is 15.5 Å². The van der Waals surface area contributed by atoms with Gasteiger partial charge in [0.1, 0.15) is 6.54 Å². The van der Waals surface area contributed by atoms with Crippen LogP contribution in [-0.4, -0.2) is 42.4 Å². The average molecular weight is 339 g/mol. The second-order valence-corrected chi connectivity index (χ2v) is 6.89. The summed E-state index contributed by atoms with van der Waals surface area (Å²) < 4.78 is 0. The van der Waals surface area contributed by atoms with Crippen LogP contribution in [0.2, 0.25) is 5.02 Å². The van der Waals surface area contributed by atoms with Gasteiger partial charge in [0.2, 0.25) is 5.91 Å². The number of rotatable bonds is 5. The minimum atomic E-state index is -0.252. The van der Waals surface area contributed by atoms with Crippen molar-refractivity contribution < 1.29 is 4.79 Å². The molecule has 128 valence electrons. The lowest BCUT2D eigenvalue weighted by Gasteiger charge is -2.23. The van der Waals surface area contributed by atoms with E-state index in [1.807, 2.05) is 63.9 Å². The van der Waals surface area contributed by atoms with Crippen molar-refractivity contribution >= 4 is 23.5 Å². The number of nitrogens with zero attached hydrogens (tertiary/aromatic N) is 2. The van der Waals surface area contributed by atoms with E-state index in [2.05, 4.69) is 15.6 Å². The predicted octanol–water partition coefficient (Wildman–Crippen LogP) is 2.65. The van der Waals surface area contributed by atoms with E-state index < -0.39 is 0 Å². The summed E-state index contributed by atoms with van der Waals surface area (Å²) in [6.07, 6.45) is 0. The smallest absolute Gasteiger partial charge is 0.242 e. The third-order valence-electron chi connectivity index (χ3n) is 2.89. The maximum atomic E-state index is 11.9. The van der Waals surface area contributed by atoms with Crippen molar-refractivity contribution in [3.63, 3.8) is 0 Å². The Morgan fingerprint density at radius 3 is 2.61 bits per heavy atom. The Kier molecular flexibility index (Phi) is 7.36. The van der Waals surface area contributed by atoms with Crippen molar-refractivity contribution in [3.8, 4) is 0 Å². The van der Waals surface area contributed by atoms with Crippen LogP contribution in [-0.2, 0) is 11.3 Å². The molecule has 0 aliphatic carbocycles. The van der Waals surface area contributed by atoms with Gasteiger partial charge in [0.15, 0.2) is 5.96 Å². The number of aliphatic imine (C=N–C) groups is 1. The van der Waals surface area contributed by atoms with Gasteiger partial charge in [-0.25, -0.2) is 4.99 Å². The number of carbonyl (C=O) groups excluding carboxylic acids is 1. The summed E-state index contributed by atoms with van der Waals surface area (Å²) in [6.45, 7) is 9.34. The lowest BCUT2D eigenvalue weighted by atomic mass is 10.1. The Bertz CT molecular complexity index is 552. The van der Waals surface area contributed by atoms with Crippen LogP contribution in [0.25, 0.3) is 0 Å². The van der Waals surface area contributed by atoms with Crippen molar-refractivity contribution in [3.05, 3.63) is 34.9 Å². The molecule has 0 aliphatic rings. The van der Waals surface area contributed by atoms with E-state index in [1.165, 1.54) is 0 Å². The first-order valence-corrected chi connectivity index (χ1v) is 8.14. The molecular weight excluding hydrogens is 312 g/mol. The first-order valence-electron chi connectivity index (χ1n) is 7.76. The van der Waals surface area contributed by atoms with Gasteiger partial charge in [-0.1, -0.05) is 23.7 Å². The minimum absolute atomic E-state index is 0.0935. The average Bonchev–Trinajstić information content (AvgIpc) is 2.41. The van der Waals surface area contributed by atoms with Crippen LogP contribution in [0, 0.1) is 0 Å². The third kappa shape index (κ3) is 7.88. The molecule has 0 aliphatic heterocycles. The molecule has 0 saturated heterocycles. The van der Waals surface area contributed by atoms with Crippen LogP contribution in [0.15, 0.2) is 29.3 Å². The molecule has 0 unspecified atom stereocenters. The molecule has 6 heteroatoms. The fraction of sp³-hybridized carbons (Fsp3) is 0.529. The summed E-state index contributed by atoms with van der Waals surface area (Å²) in [6, 6.07) is 7.71. The Labute approximate surface area is 144 Å². The zero-order chi connectivity index (χ0) is 17.5. The molecule has 0 fully saturated rings. The van der Waals surface area contributed by atoms with E-state index in [1.54, 1.807) is 0 Å². The van der Waals surface area contributed by atoms with Crippen LogP contribution in [0.5, 0.6) is 0 Å². The molecule has 1 aromatic carbocycles. The summed E-state index contributed by atoms with van der Waals surface area (Å²) in [5.74, 6) is 0.598. The Morgan fingerprint density at radius 1 is 1.35 bits per heavy atom. The molecule has 0 aromatic heterocycles. The van der Waals surface area contributed by atoms with Gasteiger partial charge >= 0.3 is 0 Å². The highest BCUT2D eigenvalue weighted by atomic mass is 35.5. The van der Waals surface area contributed by atoms with E-state index in [0.717, 1.165) is 12.1 Å². The van der Waals surface area contributed by atoms with Crippen molar-refractivity contribution in [2.75, 3.05) is 20.1 Å². The molecule has 0 radical (unpaired) electrons. The monoisotopic (exact) mass is 338 g/mol. The van der Waals surface area contributed by atoms with Crippen LogP contribution in [0.4, 0.5) is 0 Å². The number of amides is 1. The van der Waals surface area contributed by atoms with E-state index >= 15 is 0 Å². The molecule has 1 rings (SSSR count). The number of nitrogens with one attached hydrogen (secondary N) is 2. The number of hydrogen-bond donors (Lipinski definition) is 2. The molecule has 0 heterocycles. The summed E-state index contributed by atoms with van der Waals surface area (Å²) in [5.41, 5.74) is 0.835. The maximum Gasteiger partial charge on any atom is 0.242 e. The Morgan fingerprint density at radius 2 is 2.04 bits per heavy atom. The number of hydrogen-bond acceptors (Lipinski definition) is 2. The van der Waals surface area contributed by atoms with Gasteiger partial charge in [-0.3, -0.25) is 4.79 Å². The lowest BCUT2D eigenvalue weighted by molar-refractivity contribution is -0.121. The summed E-state index contributed by atoms with van der Waals surface area (Å²) in [4.78, 5) is 18.3. The molecule has 0 spiro atoms. The number of halogens is 1. The predicted molar refractivity (Wildman–Crippen MR) is 96.8 cm³/mol. The fourth-order valence-electron chi connectivity index (χ4n) is 2.06. The van der Waals surface area contributed by atoms with Gasteiger partial charge in [0.25, 0.3) is 0 Å². The molecule has 23 heavy (non-hydrogen) atoms. The molecular formula is C17H27ClN4O. The zero-order valence-corrected chi connectivity index (χ0v) is 15.4. The van der Waals surface area contributed by atoms with Gasteiger partial charge in [-0.05, 0) is 45.4 Å². The van der Waals surface area contributed by atoms with E-state index in [-0.39, 0.29) is 18.0 Å². The van der Waals surface area contributed by atoms with Crippen LogP contribution < -0.4 is 10.6 Å². The number of guanidine groups is 1. The molecule has 2 N–H and O–H groups in total. The molecule has 0 atom stereocenters. The maximum absolute atomic E-state index is 11.9. The second kappa shape index (κ2) is 8.77. The molecule has 0 bridgehead atoms. The highest BCUT2D eigenvalue weighted by molar-refractivity contribution is 6.30. The molecule has 1 amide bonds. The molecule has 0 saturated carbocycles. The van der Waals surface area contributed by atoms with Gasteiger partial charge in [-0.2, -0.15) is 0 Å². The number of benzene rings is 1. The van der Waals surface area contributed by atoms with Crippen molar-refractivity contribution in [2.24, 2.45) is 4.99 Å². The topological polar surface area (TPSA) is 56.7 Å². The van der Waals surface area contributed by atoms with E-state index in [0.29, 0.717) is 17.5 Å². The molecule has 5 nitrogen and oxygen atoms in total. The van der Waals surface area contributed by atoms with Gasteiger partial charge < -0.3 is 15.5 Å². The standard InChI is InChI=1S/C17H27ClN4O/c1-6-19-16(20-11-15(23)21-17(2,3)4)22(5)12-13-8-7-9-14(18)10-13/h7-10H,6,11-12H2,1-5H3,(H,19,20)(H,21,23). The fourth-order valence-corrected chi connectivity index (χ4v) is 2.27. The highest BCUT2D eigenvalue weighted by Gasteiger charge is 2.14. The van der Waals surface area contributed by atoms with Crippen molar-refractivity contribution in [2.45, 2.75) is 39.8 Å². The van der Waals surface area contributed by atoms with Gasteiger partial charge in [0.05, 0.1) is 0 Å². The largest absolute Gasteiger partial charge is 0.357 e. The summed E-state index contributed by atoms with van der Waals surface area (Å²) >= 11 is 6.02. The molecule has 1 aromatic rings. The summed E-state index contributed by atoms with van der Waals surface area (Å²) in [7, 11) is 1.93. The van der Waals surface area contributed by atoms with E-state index in [9.17, 15) is 4.79 Å². The first kappa shape index (κ1) is 19.3. The van der Waals surface area contributed by atoms with Gasteiger partial charge in [0, 0.05) is 30.7 Å². The van der Waals surface area contributed by atoms with Crippen LogP contribution in [0.3, 0.4) is 0 Å². The lowest BCUT2D eigenvalue weighted by Crippen LogP contribution is -2.43. The minimum Gasteiger partial charge on any atom is -0.357 e. The van der Waals surface area contributed by atoms with Crippen LogP contribution >= 0.6 is 11.6 Å². The highest BCUT2D eigenvalue weighted by Crippen LogP contribution is 2.12. The second-order valence-electron chi connectivity index (χ2n) is 6.45. The zero-order valence-electron chi connectivity index (χ0n) is 14.6. The number of carbonyl (C=O) groups is 1. The summed E-state index contributed by atoms with van der Waals surface area (Å²) in [5, 5.41) is 6.81. The van der Waals surface area contributed by atoms with E-state index in [4.69, 9.17) is 11.6 Å². The normalized spacial score (nSPS) is 12.0. The Hall–Kier alpha value is -1.75. The first-order chi connectivity index (χ1) is 10.7. The SMILES string of the molecule is CCNC(=NCC(=O)NC(C)(C)C)N(C)Cc1cccc(Cl)c1. The quantitative estimate of drug-likeness (QED) is 0.641.